The molecule has 0 saturated carbocycles. The van der Waals surface area contributed by atoms with Crippen LogP contribution in [0, 0.1) is 0 Å². The van der Waals surface area contributed by atoms with Gasteiger partial charge in [-0.2, -0.15) is 0 Å². The summed E-state index contributed by atoms with van der Waals surface area (Å²) in [5.74, 6) is 0. The monoisotopic (exact) mass is 208 g/mol. The van der Waals surface area contributed by atoms with E-state index in [-0.39, 0.29) is 0 Å². The van der Waals surface area contributed by atoms with E-state index in [4.69, 9.17) is 0 Å². The maximum absolute atomic E-state index is 4.30. The maximum atomic E-state index is 4.30. The first-order valence-corrected chi connectivity index (χ1v) is 6.78. The fraction of sp³-hybridized carbons (Fsp3) is 0.857. The summed E-state index contributed by atoms with van der Waals surface area (Å²) in [6, 6.07) is 1.75. The van der Waals surface area contributed by atoms with Gasteiger partial charge in [-0.1, -0.05) is 26.8 Å². The minimum Gasteiger partial charge on any atom is -0.315 e. The van der Waals surface area contributed by atoms with E-state index in [1.54, 1.807) is 5.57 Å². The van der Waals surface area contributed by atoms with Gasteiger partial charge in [-0.15, -0.1) is 0 Å². The third-order valence-corrected chi connectivity index (χ3v) is 4.81. The first-order chi connectivity index (χ1) is 7.24. The molecule has 0 bridgehead atoms. The number of hydrogen-bond donors (Lipinski definition) is 0. The number of rotatable bonds is 4. The molecule has 0 radical (unpaired) electrons. The Hall–Kier alpha value is -0.300. The quantitative estimate of drug-likeness (QED) is 0.490. The number of hydrogen-bond acceptors (Lipinski definition) is 0. The van der Waals surface area contributed by atoms with Gasteiger partial charge >= 0.3 is 0 Å². The van der Waals surface area contributed by atoms with Gasteiger partial charge in [-0.3, -0.25) is 0 Å². The second-order valence-electron chi connectivity index (χ2n) is 5.47. The summed E-state index contributed by atoms with van der Waals surface area (Å²) in [7, 11) is 0. The maximum Gasteiger partial charge on any atom is 0.111 e. The Balaban J connectivity index is 2.19. The Morgan fingerprint density at radius 1 is 1.40 bits per heavy atom. The van der Waals surface area contributed by atoms with Gasteiger partial charge in [0.15, 0.2) is 0 Å². The van der Waals surface area contributed by atoms with E-state index < -0.39 is 0 Å². The molecule has 0 spiro atoms. The molecule has 2 saturated heterocycles. The van der Waals surface area contributed by atoms with Crippen molar-refractivity contribution < 1.29 is 4.48 Å². The van der Waals surface area contributed by atoms with Crippen LogP contribution in [0.3, 0.4) is 0 Å². The van der Waals surface area contributed by atoms with Gasteiger partial charge in [0.2, 0.25) is 0 Å². The molecule has 0 aromatic rings. The molecule has 2 unspecified atom stereocenters. The van der Waals surface area contributed by atoms with Gasteiger partial charge in [0.1, 0.15) is 6.04 Å². The van der Waals surface area contributed by atoms with E-state index in [2.05, 4.69) is 20.4 Å². The van der Waals surface area contributed by atoms with Gasteiger partial charge in [0.25, 0.3) is 0 Å². The summed E-state index contributed by atoms with van der Waals surface area (Å²) in [5.41, 5.74) is 1.56. The highest BCUT2D eigenvalue weighted by molar-refractivity contribution is 5.09. The molecule has 0 aliphatic carbocycles. The molecule has 2 aliphatic rings. The molecule has 15 heavy (non-hydrogen) atoms. The molecule has 0 aromatic carbocycles. The average molecular weight is 208 g/mol. The van der Waals surface area contributed by atoms with E-state index in [0.717, 1.165) is 12.1 Å². The van der Waals surface area contributed by atoms with E-state index in [0.29, 0.717) is 0 Å². The van der Waals surface area contributed by atoms with Crippen molar-refractivity contribution in [3.8, 4) is 0 Å². The molecule has 3 atom stereocenters. The molecule has 1 nitrogen and oxygen atoms in total. The molecular formula is C14H26N+. The molecule has 2 aliphatic heterocycles. The first kappa shape index (κ1) is 11.2. The van der Waals surface area contributed by atoms with Crippen molar-refractivity contribution in [2.45, 2.75) is 64.5 Å². The normalized spacial score (nSPS) is 36.9. The van der Waals surface area contributed by atoms with Crippen LogP contribution in [0.25, 0.3) is 0 Å². The Morgan fingerprint density at radius 3 is 2.87 bits per heavy atom. The predicted octanol–water partition coefficient (Wildman–Crippen LogP) is 3.50. The van der Waals surface area contributed by atoms with E-state index >= 15 is 0 Å². The van der Waals surface area contributed by atoms with Crippen LogP contribution in [-0.2, 0) is 0 Å². The fourth-order valence-electron chi connectivity index (χ4n) is 4.12. The largest absolute Gasteiger partial charge is 0.315 e. The molecule has 0 amide bonds. The van der Waals surface area contributed by atoms with Crippen LogP contribution in [0.2, 0.25) is 0 Å². The lowest BCUT2D eigenvalue weighted by Crippen LogP contribution is -2.55. The van der Waals surface area contributed by atoms with E-state index in [9.17, 15) is 0 Å². The molecule has 2 rings (SSSR count). The van der Waals surface area contributed by atoms with Gasteiger partial charge in [-0.05, 0) is 18.4 Å². The molecule has 1 heteroatoms. The van der Waals surface area contributed by atoms with Crippen molar-refractivity contribution in [1.29, 1.82) is 0 Å². The highest BCUT2D eigenvalue weighted by Crippen LogP contribution is 2.43. The van der Waals surface area contributed by atoms with Gasteiger partial charge in [0, 0.05) is 19.3 Å². The van der Waals surface area contributed by atoms with E-state index in [1.807, 2.05) is 0 Å². The SMILES string of the molecule is C=C1CC[N@+]2(C(CC)CCC)CCCC12. The number of quaternary nitrogens is 1. The van der Waals surface area contributed by atoms with Crippen molar-refractivity contribution in [3.63, 3.8) is 0 Å². The van der Waals surface area contributed by atoms with Crippen LogP contribution >= 0.6 is 0 Å². The molecule has 0 aromatic heterocycles. The summed E-state index contributed by atoms with van der Waals surface area (Å²) in [4.78, 5) is 0. The summed E-state index contributed by atoms with van der Waals surface area (Å²) >= 11 is 0. The highest BCUT2D eigenvalue weighted by Gasteiger charge is 2.51. The molecule has 0 N–H and O–H groups in total. The third kappa shape index (κ3) is 1.65. The van der Waals surface area contributed by atoms with Gasteiger partial charge in [-0.25, -0.2) is 0 Å². The Labute approximate surface area is 94.8 Å². The van der Waals surface area contributed by atoms with Crippen molar-refractivity contribution >= 4 is 0 Å². The Bertz CT molecular complexity index is 246. The van der Waals surface area contributed by atoms with Crippen LogP contribution in [-0.4, -0.2) is 29.7 Å². The van der Waals surface area contributed by atoms with Crippen molar-refractivity contribution in [1.82, 2.24) is 0 Å². The zero-order valence-electron chi connectivity index (χ0n) is 10.5. The lowest BCUT2D eigenvalue weighted by molar-refractivity contribution is -0.948. The van der Waals surface area contributed by atoms with Crippen LogP contribution in [0.1, 0.15) is 52.4 Å². The minimum atomic E-state index is 0.835. The molecule has 2 fully saturated rings. The minimum absolute atomic E-state index is 0.835. The highest BCUT2D eigenvalue weighted by atomic mass is 15.4. The number of fused-ring (bicyclic) bond motifs is 1. The Morgan fingerprint density at radius 2 is 2.20 bits per heavy atom. The first-order valence-electron chi connectivity index (χ1n) is 6.78. The average Bonchev–Trinajstić information content (AvgIpc) is 2.77. The van der Waals surface area contributed by atoms with Crippen molar-refractivity contribution in [3.05, 3.63) is 12.2 Å². The van der Waals surface area contributed by atoms with Crippen LogP contribution in [0.15, 0.2) is 12.2 Å². The topological polar surface area (TPSA) is 0 Å². The summed E-state index contributed by atoms with van der Waals surface area (Å²) in [6.07, 6.45) is 8.27. The van der Waals surface area contributed by atoms with Crippen molar-refractivity contribution in [2.75, 3.05) is 13.1 Å². The molecule has 2 heterocycles. The summed E-state index contributed by atoms with van der Waals surface area (Å²) in [5, 5.41) is 0. The molecule has 86 valence electrons. The Kier molecular flexibility index (Phi) is 3.20. The van der Waals surface area contributed by atoms with E-state index in [1.165, 1.54) is 56.1 Å². The smallest absolute Gasteiger partial charge is 0.111 e. The zero-order valence-corrected chi connectivity index (χ0v) is 10.5. The lowest BCUT2D eigenvalue weighted by Gasteiger charge is -2.42. The summed E-state index contributed by atoms with van der Waals surface area (Å²) < 4.78 is 1.42. The zero-order chi connectivity index (χ0) is 10.9. The third-order valence-electron chi connectivity index (χ3n) is 4.81. The second kappa shape index (κ2) is 4.29. The summed E-state index contributed by atoms with van der Waals surface area (Å²) in [6.45, 7) is 11.8. The van der Waals surface area contributed by atoms with Crippen molar-refractivity contribution in [2.24, 2.45) is 0 Å². The lowest BCUT2D eigenvalue weighted by atomic mass is 10.0. The molecular weight excluding hydrogens is 182 g/mol. The number of nitrogens with zero attached hydrogens (tertiary/aromatic N) is 1. The van der Waals surface area contributed by atoms with Gasteiger partial charge < -0.3 is 4.48 Å². The van der Waals surface area contributed by atoms with Crippen LogP contribution in [0.5, 0.6) is 0 Å². The second-order valence-corrected chi connectivity index (χ2v) is 5.47. The van der Waals surface area contributed by atoms with Crippen LogP contribution < -0.4 is 0 Å². The fourth-order valence-corrected chi connectivity index (χ4v) is 4.12. The van der Waals surface area contributed by atoms with Crippen LogP contribution in [0.4, 0.5) is 0 Å². The van der Waals surface area contributed by atoms with Gasteiger partial charge in [0.05, 0.1) is 19.1 Å². The standard InChI is InChI=1S/C14H26N/c1-4-7-13(5-2)15-10-6-8-14(15)12(3)9-11-15/h13-14H,3-11H2,1-2H3/q+1/t13?,14?,15-/m0/s1. The predicted molar refractivity (Wildman–Crippen MR) is 65.8 cm³/mol.